The number of ether oxygens (including phenoxy) is 1. The number of amides is 1. The summed E-state index contributed by atoms with van der Waals surface area (Å²) < 4.78 is 5.40. The Morgan fingerprint density at radius 1 is 1.38 bits per heavy atom. The van der Waals surface area contributed by atoms with Crippen molar-refractivity contribution in [2.45, 2.75) is 51.2 Å². The minimum atomic E-state index is -0.394. The maximum Gasteiger partial charge on any atom is 0.410 e. The smallest absolute Gasteiger partial charge is 0.410 e. The summed E-state index contributed by atoms with van der Waals surface area (Å²) in [6.45, 7) is 8.18. The van der Waals surface area contributed by atoms with Crippen molar-refractivity contribution in [2.75, 3.05) is 19.6 Å². The highest BCUT2D eigenvalue weighted by Gasteiger charge is 2.42. The Hall–Kier alpha value is -0.770. The third-order valence-electron chi connectivity index (χ3n) is 3.34. The van der Waals surface area contributed by atoms with Crippen LogP contribution in [-0.4, -0.2) is 41.8 Å². The summed E-state index contributed by atoms with van der Waals surface area (Å²) in [5, 5.41) is 3.53. The standard InChI is InChI=1S/C12H22N2O2/c1-11(2,3)16-10(15)14-8-7-13-12(9-14)5-4-6-12/h13H,4-9H2,1-3H3. The minimum absolute atomic E-state index is 0.166. The van der Waals surface area contributed by atoms with Gasteiger partial charge in [-0.25, -0.2) is 4.79 Å². The Morgan fingerprint density at radius 2 is 2.06 bits per heavy atom. The van der Waals surface area contributed by atoms with Gasteiger partial charge in [0.1, 0.15) is 5.60 Å². The normalized spacial score (nSPS) is 24.1. The summed E-state index contributed by atoms with van der Waals surface area (Å²) in [5.74, 6) is 0. The largest absolute Gasteiger partial charge is 0.444 e. The first-order valence-electron chi connectivity index (χ1n) is 6.13. The molecule has 1 N–H and O–H groups in total. The van der Waals surface area contributed by atoms with Crippen LogP contribution in [0.25, 0.3) is 0 Å². The van der Waals surface area contributed by atoms with E-state index in [1.165, 1.54) is 19.3 Å². The van der Waals surface area contributed by atoms with Crippen LogP contribution >= 0.6 is 0 Å². The molecule has 1 saturated carbocycles. The summed E-state index contributed by atoms with van der Waals surface area (Å²) in [7, 11) is 0. The van der Waals surface area contributed by atoms with Crippen LogP contribution in [0.15, 0.2) is 0 Å². The highest BCUT2D eigenvalue weighted by atomic mass is 16.6. The van der Waals surface area contributed by atoms with Crippen molar-refractivity contribution in [1.29, 1.82) is 0 Å². The Bertz CT molecular complexity index is 279. The van der Waals surface area contributed by atoms with Gasteiger partial charge in [-0.05, 0) is 40.0 Å². The van der Waals surface area contributed by atoms with Gasteiger partial charge in [0.15, 0.2) is 0 Å². The Balaban J connectivity index is 1.91. The van der Waals surface area contributed by atoms with E-state index in [-0.39, 0.29) is 11.6 Å². The van der Waals surface area contributed by atoms with Crippen LogP contribution in [0.5, 0.6) is 0 Å². The predicted molar refractivity (Wildman–Crippen MR) is 62.4 cm³/mol. The molecular formula is C12H22N2O2. The maximum absolute atomic E-state index is 11.9. The van der Waals surface area contributed by atoms with Gasteiger partial charge in [-0.1, -0.05) is 0 Å². The molecular weight excluding hydrogens is 204 g/mol. The molecule has 0 bridgehead atoms. The molecule has 1 saturated heterocycles. The van der Waals surface area contributed by atoms with Crippen molar-refractivity contribution < 1.29 is 9.53 Å². The molecule has 1 amide bonds. The number of hydrogen-bond donors (Lipinski definition) is 1. The molecule has 92 valence electrons. The van der Waals surface area contributed by atoms with Gasteiger partial charge in [0.25, 0.3) is 0 Å². The fraction of sp³-hybridized carbons (Fsp3) is 0.917. The molecule has 2 rings (SSSR count). The van der Waals surface area contributed by atoms with Crippen LogP contribution in [0.3, 0.4) is 0 Å². The fourth-order valence-electron chi connectivity index (χ4n) is 2.38. The average Bonchev–Trinajstić information content (AvgIpc) is 2.13. The second-order valence-corrected chi connectivity index (χ2v) is 5.96. The third-order valence-corrected chi connectivity index (χ3v) is 3.34. The lowest BCUT2D eigenvalue weighted by atomic mass is 9.75. The second kappa shape index (κ2) is 3.91. The second-order valence-electron chi connectivity index (χ2n) is 5.96. The molecule has 0 radical (unpaired) electrons. The molecule has 1 spiro atoms. The number of hydrogen-bond acceptors (Lipinski definition) is 3. The van der Waals surface area contributed by atoms with E-state index in [4.69, 9.17) is 4.74 Å². The maximum atomic E-state index is 11.9. The van der Waals surface area contributed by atoms with Gasteiger partial charge in [0.05, 0.1) is 0 Å². The SMILES string of the molecule is CC(C)(C)OC(=O)N1CCNC2(CCC2)C1. The lowest BCUT2D eigenvalue weighted by Crippen LogP contribution is -2.65. The third kappa shape index (κ3) is 2.48. The van der Waals surface area contributed by atoms with E-state index in [1.807, 2.05) is 25.7 Å². The van der Waals surface area contributed by atoms with Gasteiger partial charge in [-0.2, -0.15) is 0 Å². The highest BCUT2D eigenvalue weighted by molar-refractivity contribution is 5.68. The molecule has 0 aromatic rings. The topological polar surface area (TPSA) is 41.6 Å². The number of rotatable bonds is 0. The first-order valence-corrected chi connectivity index (χ1v) is 6.13. The van der Waals surface area contributed by atoms with Crippen LogP contribution in [0, 0.1) is 0 Å². The van der Waals surface area contributed by atoms with Gasteiger partial charge in [0.2, 0.25) is 0 Å². The number of nitrogens with one attached hydrogen (secondary N) is 1. The lowest BCUT2D eigenvalue weighted by Gasteiger charge is -2.49. The van der Waals surface area contributed by atoms with Crippen LogP contribution in [0.1, 0.15) is 40.0 Å². The first-order chi connectivity index (χ1) is 7.40. The van der Waals surface area contributed by atoms with Crippen molar-refractivity contribution in [1.82, 2.24) is 10.2 Å². The summed E-state index contributed by atoms with van der Waals surface area (Å²) in [6, 6.07) is 0. The molecule has 1 aliphatic heterocycles. The van der Waals surface area contributed by atoms with E-state index in [1.54, 1.807) is 0 Å². The molecule has 1 aliphatic carbocycles. The van der Waals surface area contributed by atoms with Crippen LogP contribution in [0.2, 0.25) is 0 Å². The first kappa shape index (κ1) is 11.7. The zero-order chi connectivity index (χ0) is 11.8. The fourth-order valence-corrected chi connectivity index (χ4v) is 2.38. The molecule has 0 aromatic heterocycles. The summed E-state index contributed by atoms with van der Waals surface area (Å²) >= 11 is 0. The number of piperazine rings is 1. The van der Waals surface area contributed by atoms with Crippen LogP contribution in [-0.2, 0) is 4.74 Å². The van der Waals surface area contributed by atoms with Gasteiger partial charge in [-0.3, -0.25) is 0 Å². The summed E-state index contributed by atoms with van der Waals surface area (Å²) in [4.78, 5) is 13.8. The molecule has 0 atom stereocenters. The average molecular weight is 226 g/mol. The number of nitrogens with zero attached hydrogens (tertiary/aromatic N) is 1. The quantitative estimate of drug-likeness (QED) is 0.684. The molecule has 2 fully saturated rings. The Kier molecular flexibility index (Phi) is 2.86. The zero-order valence-corrected chi connectivity index (χ0v) is 10.5. The molecule has 0 unspecified atom stereocenters. The van der Waals surface area contributed by atoms with Crippen molar-refractivity contribution in [2.24, 2.45) is 0 Å². The molecule has 2 aliphatic rings. The number of carbonyl (C=O) groups is 1. The van der Waals surface area contributed by atoms with Gasteiger partial charge in [0, 0.05) is 25.2 Å². The Labute approximate surface area is 97.3 Å². The van der Waals surface area contributed by atoms with Crippen molar-refractivity contribution in [3.05, 3.63) is 0 Å². The van der Waals surface area contributed by atoms with Gasteiger partial charge >= 0.3 is 6.09 Å². The molecule has 4 heteroatoms. The van der Waals surface area contributed by atoms with Gasteiger partial charge in [-0.15, -0.1) is 0 Å². The van der Waals surface area contributed by atoms with E-state index in [0.29, 0.717) is 0 Å². The molecule has 1 heterocycles. The van der Waals surface area contributed by atoms with E-state index < -0.39 is 5.60 Å². The summed E-state index contributed by atoms with van der Waals surface area (Å²) in [5.41, 5.74) is -0.191. The highest BCUT2D eigenvalue weighted by Crippen LogP contribution is 2.34. The van der Waals surface area contributed by atoms with Crippen molar-refractivity contribution in [3.8, 4) is 0 Å². The Morgan fingerprint density at radius 3 is 2.56 bits per heavy atom. The van der Waals surface area contributed by atoms with Crippen molar-refractivity contribution >= 4 is 6.09 Å². The van der Waals surface area contributed by atoms with Crippen LogP contribution in [0.4, 0.5) is 4.79 Å². The number of carbonyl (C=O) groups excluding carboxylic acids is 1. The van der Waals surface area contributed by atoms with E-state index in [0.717, 1.165) is 19.6 Å². The van der Waals surface area contributed by atoms with Crippen molar-refractivity contribution in [3.63, 3.8) is 0 Å². The monoisotopic (exact) mass is 226 g/mol. The van der Waals surface area contributed by atoms with E-state index in [2.05, 4.69) is 5.32 Å². The molecule has 4 nitrogen and oxygen atoms in total. The van der Waals surface area contributed by atoms with Crippen LogP contribution < -0.4 is 5.32 Å². The zero-order valence-electron chi connectivity index (χ0n) is 10.5. The summed E-state index contributed by atoms with van der Waals surface area (Å²) in [6.07, 6.45) is 3.48. The van der Waals surface area contributed by atoms with E-state index >= 15 is 0 Å². The van der Waals surface area contributed by atoms with E-state index in [9.17, 15) is 4.79 Å². The van der Waals surface area contributed by atoms with Gasteiger partial charge < -0.3 is 15.0 Å². The molecule has 16 heavy (non-hydrogen) atoms. The predicted octanol–water partition coefficient (Wildman–Crippen LogP) is 1.75. The molecule has 0 aromatic carbocycles. The lowest BCUT2D eigenvalue weighted by molar-refractivity contribution is 0.00256. The minimum Gasteiger partial charge on any atom is -0.444 e.